The number of tetrazole rings is 1. The Hall–Kier alpha value is -2.44. The fraction of sp³-hybridized carbons (Fsp3) is 0.385. The molecule has 0 spiro atoms. The molecular formula is C13H17N5O2. The Bertz CT molecular complexity index is 633. The Morgan fingerprint density at radius 3 is 2.65 bits per heavy atom. The lowest BCUT2D eigenvalue weighted by atomic mass is 10.1. The molecule has 0 atom stereocenters. The van der Waals surface area contributed by atoms with Gasteiger partial charge in [0.2, 0.25) is 0 Å². The third-order valence-electron chi connectivity index (χ3n) is 3.14. The Morgan fingerprint density at radius 1 is 1.35 bits per heavy atom. The van der Waals surface area contributed by atoms with Crippen LogP contribution in [0, 0.1) is 0 Å². The monoisotopic (exact) mass is 275 g/mol. The van der Waals surface area contributed by atoms with Gasteiger partial charge >= 0.3 is 5.97 Å². The number of nitrogens with zero attached hydrogens (tertiary/aromatic N) is 5. The summed E-state index contributed by atoms with van der Waals surface area (Å²) in [5.74, 6) is -0.559. The quantitative estimate of drug-likeness (QED) is 0.903. The summed E-state index contributed by atoms with van der Waals surface area (Å²) in [7, 11) is 3.87. The van der Waals surface area contributed by atoms with E-state index in [0.29, 0.717) is 5.82 Å². The van der Waals surface area contributed by atoms with Gasteiger partial charge in [-0.25, -0.2) is 9.48 Å². The Labute approximate surface area is 116 Å². The number of carbonyl (C=O) groups is 1. The first-order valence-corrected chi connectivity index (χ1v) is 6.14. The van der Waals surface area contributed by atoms with Crippen LogP contribution in [-0.4, -0.2) is 45.4 Å². The van der Waals surface area contributed by atoms with Gasteiger partial charge in [0.15, 0.2) is 11.4 Å². The largest absolute Gasteiger partial charge is 0.479 e. The Balaban J connectivity index is 2.53. The second-order valence-electron chi connectivity index (χ2n) is 5.22. The van der Waals surface area contributed by atoms with E-state index in [0.717, 1.165) is 11.3 Å². The Morgan fingerprint density at radius 2 is 2.05 bits per heavy atom. The highest BCUT2D eigenvalue weighted by Crippen LogP contribution is 2.25. The molecule has 0 saturated carbocycles. The average molecular weight is 275 g/mol. The van der Waals surface area contributed by atoms with Crippen LogP contribution in [0.2, 0.25) is 0 Å². The molecule has 0 unspecified atom stereocenters. The number of hydrogen-bond acceptors (Lipinski definition) is 5. The van der Waals surface area contributed by atoms with Crippen molar-refractivity contribution < 1.29 is 9.90 Å². The van der Waals surface area contributed by atoms with Crippen molar-refractivity contribution in [3.8, 4) is 11.4 Å². The zero-order valence-corrected chi connectivity index (χ0v) is 11.9. The van der Waals surface area contributed by atoms with Gasteiger partial charge in [-0.05, 0) is 36.4 Å². The maximum absolute atomic E-state index is 11.4. The van der Waals surface area contributed by atoms with E-state index in [1.807, 2.05) is 43.3 Å². The van der Waals surface area contributed by atoms with E-state index in [4.69, 9.17) is 0 Å². The summed E-state index contributed by atoms with van der Waals surface area (Å²) in [5.41, 5.74) is 0.549. The van der Waals surface area contributed by atoms with Crippen molar-refractivity contribution in [1.29, 1.82) is 0 Å². The van der Waals surface area contributed by atoms with Crippen LogP contribution in [-0.2, 0) is 10.3 Å². The van der Waals surface area contributed by atoms with Gasteiger partial charge in [0, 0.05) is 25.3 Å². The zero-order valence-electron chi connectivity index (χ0n) is 11.9. The number of hydrogen-bond donors (Lipinski definition) is 1. The topological polar surface area (TPSA) is 84.1 Å². The predicted molar refractivity (Wildman–Crippen MR) is 74.5 cm³/mol. The first-order chi connectivity index (χ1) is 9.34. The molecule has 0 aliphatic heterocycles. The van der Waals surface area contributed by atoms with E-state index in [-0.39, 0.29) is 0 Å². The van der Waals surface area contributed by atoms with Crippen LogP contribution in [0.25, 0.3) is 11.4 Å². The van der Waals surface area contributed by atoms with Gasteiger partial charge < -0.3 is 10.0 Å². The summed E-state index contributed by atoms with van der Waals surface area (Å²) in [6, 6.07) is 7.62. The van der Waals surface area contributed by atoms with Crippen molar-refractivity contribution >= 4 is 11.7 Å². The molecule has 7 heteroatoms. The summed E-state index contributed by atoms with van der Waals surface area (Å²) in [4.78, 5) is 13.3. The van der Waals surface area contributed by atoms with E-state index >= 15 is 0 Å². The summed E-state index contributed by atoms with van der Waals surface area (Å²) < 4.78 is 1.32. The lowest BCUT2D eigenvalue weighted by molar-refractivity contribution is -0.146. The van der Waals surface area contributed by atoms with Crippen LogP contribution < -0.4 is 4.90 Å². The highest BCUT2D eigenvalue weighted by molar-refractivity contribution is 5.76. The van der Waals surface area contributed by atoms with E-state index in [2.05, 4.69) is 15.5 Å². The summed E-state index contributed by atoms with van der Waals surface area (Å²) >= 11 is 0. The number of benzene rings is 1. The van der Waals surface area contributed by atoms with E-state index in [9.17, 15) is 9.90 Å². The minimum atomic E-state index is -1.22. The van der Waals surface area contributed by atoms with Gasteiger partial charge in [0.05, 0.1) is 0 Å². The van der Waals surface area contributed by atoms with Crippen molar-refractivity contribution in [2.75, 3.05) is 19.0 Å². The second kappa shape index (κ2) is 4.92. The average Bonchev–Trinajstić information content (AvgIpc) is 2.88. The van der Waals surface area contributed by atoms with Crippen LogP contribution in [0.15, 0.2) is 24.3 Å². The van der Waals surface area contributed by atoms with Gasteiger partial charge in [-0.2, -0.15) is 0 Å². The van der Waals surface area contributed by atoms with Crippen molar-refractivity contribution in [3.05, 3.63) is 24.3 Å². The first kappa shape index (κ1) is 14.0. The lowest BCUT2D eigenvalue weighted by Gasteiger charge is -2.21. The Kier molecular flexibility index (Phi) is 3.44. The molecule has 0 radical (unpaired) electrons. The van der Waals surface area contributed by atoms with Gasteiger partial charge in [-0.3, -0.25) is 0 Å². The molecule has 2 rings (SSSR count). The van der Waals surface area contributed by atoms with Gasteiger partial charge in [-0.1, -0.05) is 12.1 Å². The smallest absolute Gasteiger partial charge is 0.331 e. The molecule has 1 heterocycles. The maximum Gasteiger partial charge on any atom is 0.331 e. The number of anilines is 1. The molecule has 0 bridgehead atoms. The lowest BCUT2D eigenvalue weighted by Crippen LogP contribution is -2.37. The molecule has 7 nitrogen and oxygen atoms in total. The molecule has 0 amide bonds. The SMILES string of the molecule is CN(C)c1cccc(-c2nnnn2C(C)(C)C(=O)O)c1. The summed E-state index contributed by atoms with van der Waals surface area (Å²) in [5, 5.41) is 20.7. The highest BCUT2D eigenvalue weighted by atomic mass is 16.4. The van der Waals surface area contributed by atoms with Crippen LogP contribution >= 0.6 is 0 Å². The van der Waals surface area contributed by atoms with E-state index in [1.54, 1.807) is 13.8 Å². The number of aromatic nitrogens is 4. The molecule has 0 saturated heterocycles. The van der Waals surface area contributed by atoms with Gasteiger partial charge in [-0.15, -0.1) is 5.10 Å². The molecule has 20 heavy (non-hydrogen) atoms. The third-order valence-corrected chi connectivity index (χ3v) is 3.14. The number of carboxylic acids is 1. The number of aliphatic carboxylic acids is 1. The van der Waals surface area contributed by atoms with Crippen molar-refractivity contribution in [2.45, 2.75) is 19.4 Å². The fourth-order valence-corrected chi connectivity index (χ4v) is 1.76. The second-order valence-corrected chi connectivity index (χ2v) is 5.22. The normalized spacial score (nSPS) is 11.4. The minimum absolute atomic E-state index is 0.432. The molecular weight excluding hydrogens is 258 g/mol. The van der Waals surface area contributed by atoms with Crippen molar-refractivity contribution in [1.82, 2.24) is 20.2 Å². The van der Waals surface area contributed by atoms with Crippen LogP contribution in [0.1, 0.15) is 13.8 Å². The predicted octanol–water partition coefficient (Wildman–Crippen LogP) is 1.23. The first-order valence-electron chi connectivity index (χ1n) is 6.14. The van der Waals surface area contributed by atoms with Crippen molar-refractivity contribution in [3.63, 3.8) is 0 Å². The third kappa shape index (κ3) is 2.34. The van der Waals surface area contributed by atoms with Crippen molar-refractivity contribution in [2.24, 2.45) is 0 Å². The highest BCUT2D eigenvalue weighted by Gasteiger charge is 2.33. The standard InChI is InChI=1S/C13H17N5O2/c1-13(2,12(19)20)18-11(14-15-16-18)9-6-5-7-10(8-9)17(3)4/h5-8H,1-4H3,(H,19,20). The van der Waals surface area contributed by atoms with Crippen LogP contribution in [0.5, 0.6) is 0 Å². The fourth-order valence-electron chi connectivity index (χ4n) is 1.76. The maximum atomic E-state index is 11.4. The summed E-state index contributed by atoms with van der Waals surface area (Å²) in [6.07, 6.45) is 0. The van der Waals surface area contributed by atoms with Crippen LogP contribution in [0.4, 0.5) is 5.69 Å². The molecule has 1 aromatic heterocycles. The number of rotatable bonds is 4. The van der Waals surface area contributed by atoms with Gasteiger partial charge in [0.25, 0.3) is 0 Å². The summed E-state index contributed by atoms with van der Waals surface area (Å²) in [6.45, 7) is 3.12. The van der Waals surface area contributed by atoms with Crippen LogP contribution in [0.3, 0.4) is 0 Å². The number of carboxylic acid groups (broad SMARTS) is 1. The molecule has 1 N–H and O–H groups in total. The van der Waals surface area contributed by atoms with Gasteiger partial charge in [0.1, 0.15) is 0 Å². The van der Waals surface area contributed by atoms with E-state index in [1.165, 1.54) is 4.68 Å². The molecule has 0 aliphatic carbocycles. The molecule has 106 valence electrons. The zero-order chi connectivity index (χ0) is 14.9. The van der Waals surface area contributed by atoms with E-state index < -0.39 is 11.5 Å². The molecule has 1 aromatic carbocycles. The molecule has 0 aliphatic rings. The molecule has 2 aromatic rings. The minimum Gasteiger partial charge on any atom is -0.479 e. The molecule has 0 fully saturated rings.